The second-order valence-corrected chi connectivity index (χ2v) is 7.07. The lowest BCUT2D eigenvalue weighted by atomic mass is 9.87. The molecule has 174 valence electrons. The molecule has 32 heavy (non-hydrogen) atoms. The van der Waals surface area contributed by atoms with E-state index in [4.69, 9.17) is 15.7 Å². The van der Waals surface area contributed by atoms with Gasteiger partial charge in [0.2, 0.25) is 0 Å². The van der Waals surface area contributed by atoms with Crippen LogP contribution >= 0.6 is 0 Å². The topological polar surface area (TPSA) is 91.4 Å². The van der Waals surface area contributed by atoms with Crippen molar-refractivity contribution in [2.45, 2.75) is 25.7 Å². The number of nitriles is 1. The van der Waals surface area contributed by atoms with E-state index in [9.17, 15) is 31.1 Å². The Hall–Kier alpha value is -3.36. The Morgan fingerprint density at radius 1 is 1.25 bits per heavy atom. The second-order valence-electron chi connectivity index (χ2n) is 7.07. The number of anilines is 1. The zero-order valence-electron chi connectivity index (χ0n) is 16.8. The van der Waals surface area contributed by atoms with Crippen LogP contribution in [0.1, 0.15) is 13.3 Å². The van der Waals surface area contributed by atoms with Gasteiger partial charge in [0.15, 0.2) is 0 Å². The Bertz CT molecular complexity index is 929. The fourth-order valence-electron chi connectivity index (χ4n) is 3.23. The maximum atomic E-state index is 13.3. The van der Waals surface area contributed by atoms with Crippen LogP contribution < -0.4 is 15.8 Å². The van der Waals surface area contributed by atoms with Crippen LogP contribution in [0.15, 0.2) is 47.2 Å². The number of alkyl halides is 6. The van der Waals surface area contributed by atoms with Gasteiger partial charge in [-0.1, -0.05) is 6.92 Å². The molecule has 6 nitrogen and oxygen atoms in total. The second kappa shape index (κ2) is 9.84. The summed E-state index contributed by atoms with van der Waals surface area (Å²) in [5, 5.41) is 11.3. The van der Waals surface area contributed by atoms with Crippen molar-refractivity contribution in [3.63, 3.8) is 0 Å². The van der Waals surface area contributed by atoms with Crippen LogP contribution in [0.3, 0.4) is 0 Å². The van der Waals surface area contributed by atoms with Crippen molar-refractivity contribution in [2.24, 2.45) is 11.7 Å². The number of hydrogen-bond donors (Lipinski definition) is 2. The van der Waals surface area contributed by atoms with E-state index in [1.54, 1.807) is 0 Å². The third-order valence-electron chi connectivity index (χ3n) is 4.56. The molecule has 0 spiro atoms. The molecule has 12 heteroatoms. The SMILES string of the molecule is CC1CC(C#N)=C(C(F)(F)F)C=C1N(CCOc1ccc(NC(N)=O)cc1)CC(F)(F)F. The van der Waals surface area contributed by atoms with E-state index >= 15 is 0 Å². The van der Waals surface area contributed by atoms with Gasteiger partial charge in [0.25, 0.3) is 0 Å². The molecule has 0 aliphatic heterocycles. The monoisotopic (exact) mass is 462 g/mol. The number of rotatable bonds is 7. The smallest absolute Gasteiger partial charge is 0.417 e. The lowest BCUT2D eigenvalue weighted by Gasteiger charge is -2.34. The number of carbonyl (C=O) groups is 1. The van der Waals surface area contributed by atoms with Crippen LogP contribution in [-0.4, -0.2) is 43.0 Å². The average molecular weight is 462 g/mol. The molecular weight excluding hydrogens is 442 g/mol. The van der Waals surface area contributed by atoms with Crippen molar-refractivity contribution in [1.29, 1.82) is 5.26 Å². The minimum Gasteiger partial charge on any atom is -0.492 e. The fraction of sp³-hybridized carbons (Fsp3) is 0.400. The molecule has 1 aromatic carbocycles. The molecule has 0 heterocycles. The summed E-state index contributed by atoms with van der Waals surface area (Å²) in [5.41, 5.74) is 3.45. The number of nitrogens with one attached hydrogen (secondary N) is 1. The summed E-state index contributed by atoms with van der Waals surface area (Å²) in [6.45, 7) is -0.602. The first kappa shape index (κ1) is 24.9. The molecule has 0 fully saturated rings. The minimum atomic E-state index is -4.86. The molecule has 0 radical (unpaired) electrons. The first-order valence-corrected chi connectivity index (χ1v) is 9.33. The predicted octanol–water partition coefficient (Wildman–Crippen LogP) is 4.73. The summed E-state index contributed by atoms with van der Waals surface area (Å²) in [4.78, 5) is 11.6. The number of carbonyl (C=O) groups excluding carboxylic acids is 1. The molecule has 0 bridgehead atoms. The number of amides is 2. The Balaban J connectivity index is 2.19. The number of ether oxygens (including phenoxy) is 1. The number of urea groups is 1. The molecule has 1 aromatic rings. The predicted molar refractivity (Wildman–Crippen MR) is 103 cm³/mol. The Kier molecular flexibility index (Phi) is 7.66. The summed E-state index contributed by atoms with van der Waals surface area (Å²) in [5.74, 6) is -0.447. The summed E-state index contributed by atoms with van der Waals surface area (Å²) in [7, 11) is 0. The highest BCUT2D eigenvalue weighted by Crippen LogP contribution is 2.39. The van der Waals surface area contributed by atoms with Crippen molar-refractivity contribution >= 4 is 11.7 Å². The third kappa shape index (κ3) is 7.11. The molecule has 1 aliphatic rings. The number of benzene rings is 1. The first-order chi connectivity index (χ1) is 14.8. The summed E-state index contributed by atoms with van der Waals surface area (Å²) < 4.78 is 84.7. The number of primary amides is 1. The van der Waals surface area contributed by atoms with E-state index in [1.165, 1.54) is 37.3 Å². The standard InChI is InChI=1S/C20H20F6N4O2/c1-12-8-13(10-27)16(20(24,25)26)9-17(12)30(11-19(21,22)23)6-7-32-15-4-2-14(3-5-15)29-18(28)31/h2-5,9,12H,6-8,11H2,1H3,(H3,28,29,31). The molecule has 2 rings (SSSR count). The number of nitrogens with two attached hydrogens (primary N) is 1. The largest absolute Gasteiger partial charge is 0.492 e. The maximum Gasteiger partial charge on any atom is 0.417 e. The van der Waals surface area contributed by atoms with Gasteiger partial charge in [-0.05, 0) is 36.8 Å². The lowest BCUT2D eigenvalue weighted by Crippen LogP contribution is -2.39. The highest BCUT2D eigenvalue weighted by Gasteiger charge is 2.40. The van der Waals surface area contributed by atoms with E-state index in [2.05, 4.69) is 5.32 Å². The number of halogens is 6. The highest BCUT2D eigenvalue weighted by atomic mass is 19.4. The van der Waals surface area contributed by atoms with Gasteiger partial charge in [-0.15, -0.1) is 0 Å². The molecule has 0 saturated carbocycles. The van der Waals surface area contributed by atoms with Gasteiger partial charge in [0.05, 0.1) is 18.2 Å². The van der Waals surface area contributed by atoms with Crippen molar-refractivity contribution in [3.05, 3.63) is 47.2 Å². The normalized spacial score (nSPS) is 16.8. The number of hydrogen-bond acceptors (Lipinski definition) is 4. The van der Waals surface area contributed by atoms with Crippen LogP contribution in [0.5, 0.6) is 5.75 Å². The van der Waals surface area contributed by atoms with E-state index in [0.29, 0.717) is 11.8 Å². The summed E-state index contributed by atoms with van der Waals surface area (Å²) in [6.07, 6.45) is -9.23. The molecule has 1 unspecified atom stereocenters. The first-order valence-electron chi connectivity index (χ1n) is 9.33. The molecule has 0 saturated heterocycles. The molecule has 1 atom stereocenters. The van der Waals surface area contributed by atoms with Crippen LogP contribution in [0.2, 0.25) is 0 Å². The molecule has 1 aliphatic carbocycles. The zero-order chi connectivity index (χ0) is 24.1. The van der Waals surface area contributed by atoms with Crippen LogP contribution in [0.4, 0.5) is 36.8 Å². The molecular formula is C20H20F6N4O2. The highest BCUT2D eigenvalue weighted by molar-refractivity contribution is 5.87. The zero-order valence-corrected chi connectivity index (χ0v) is 16.8. The van der Waals surface area contributed by atoms with Gasteiger partial charge in [0.1, 0.15) is 18.9 Å². The Labute approximate surface area is 179 Å². The van der Waals surface area contributed by atoms with E-state index in [1.807, 2.05) is 0 Å². The quantitative estimate of drug-likeness (QED) is 0.574. The van der Waals surface area contributed by atoms with E-state index < -0.39 is 42.0 Å². The fourth-order valence-corrected chi connectivity index (χ4v) is 3.23. The van der Waals surface area contributed by atoms with Crippen LogP contribution in [0.25, 0.3) is 0 Å². The Morgan fingerprint density at radius 2 is 1.88 bits per heavy atom. The van der Waals surface area contributed by atoms with E-state index in [-0.39, 0.29) is 31.0 Å². The Morgan fingerprint density at radius 3 is 2.38 bits per heavy atom. The minimum absolute atomic E-state index is 0.168. The molecule has 2 amide bonds. The summed E-state index contributed by atoms with van der Waals surface area (Å²) in [6, 6.07) is 6.54. The van der Waals surface area contributed by atoms with Gasteiger partial charge in [0, 0.05) is 22.9 Å². The van der Waals surface area contributed by atoms with Gasteiger partial charge < -0.3 is 20.7 Å². The maximum absolute atomic E-state index is 13.3. The van der Waals surface area contributed by atoms with Gasteiger partial charge in [-0.25, -0.2) is 4.79 Å². The van der Waals surface area contributed by atoms with Gasteiger partial charge >= 0.3 is 18.4 Å². The third-order valence-corrected chi connectivity index (χ3v) is 4.56. The number of allylic oxidation sites excluding steroid dienone is 4. The molecule has 0 aromatic heterocycles. The average Bonchev–Trinajstić information content (AvgIpc) is 2.66. The van der Waals surface area contributed by atoms with Crippen LogP contribution in [0, 0.1) is 17.2 Å². The van der Waals surface area contributed by atoms with E-state index in [0.717, 1.165) is 4.90 Å². The summed E-state index contributed by atoms with van der Waals surface area (Å²) >= 11 is 0. The van der Waals surface area contributed by atoms with Crippen molar-refractivity contribution < 1.29 is 35.9 Å². The number of nitrogens with zero attached hydrogens (tertiary/aromatic N) is 2. The van der Waals surface area contributed by atoms with Crippen LogP contribution in [-0.2, 0) is 0 Å². The van der Waals surface area contributed by atoms with Gasteiger partial charge in [-0.3, -0.25) is 0 Å². The molecule has 3 N–H and O–H groups in total. The van der Waals surface area contributed by atoms with Crippen molar-refractivity contribution in [3.8, 4) is 11.8 Å². The lowest BCUT2D eigenvalue weighted by molar-refractivity contribution is -0.143. The van der Waals surface area contributed by atoms with Gasteiger partial charge in [-0.2, -0.15) is 31.6 Å². The van der Waals surface area contributed by atoms with Crippen molar-refractivity contribution in [2.75, 3.05) is 25.0 Å². The van der Waals surface area contributed by atoms with Crippen molar-refractivity contribution in [1.82, 2.24) is 4.90 Å².